The molecule has 8 N–H and O–H groups in total. The molecule has 4 fully saturated rings. The molecule has 0 bridgehead atoms. The quantitative estimate of drug-likeness (QED) is 0.0242. The SMILES string of the molecule is CC(C)C1CCCC1P(c1ccccc1)c1ccccc1.CC(C)C1CCCC1P(c1ccccc1)c1ccccc1.CC(CC(CC(C)C(=O)NCC1CCCC1)C(=O)O)C(=O)O.CC(CC(CC(C)C(=O)O)C(=O)O)C(=O)O.NCC1CCCC1.[Fe].[Fe]. The van der Waals surface area contributed by atoms with Crippen molar-refractivity contribution >= 4 is 72.8 Å². The molecule has 0 aliphatic heterocycles. The Kier molecular flexibility index (Phi) is 39.3. The fraction of sp³-hybridized carbons (Fsp3) is 0.583. The number of nitrogens with two attached hydrogens (primary N) is 1. The van der Waals surface area contributed by atoms with E-state index in [-0.39, 0.29) is 81.6 Å². The molecule has 0 radical (unpaired) electrons. The minimum Gasteiger partial charge on any atom is -0.481 e. The second-order valence-corrected chi connectivity index (χ2v) is 30.7. The van der Waals surface area contributed by atoms with Gasteiger partial charge in [-0.3, -0.25) is 28.8 Å². The Morgan fingerprint density at radius 2 is 0.685 bits per heavy atom. The Morgan fingerprint density at radius 3 is 0.933 bits per heavy atom. The van der Waals surface area contributed by atoms with Crippen molar-refractivity contribution in [2.24, 2.45) is 76.7 Å². The Hall–Kier alpha value is -4.44. The van der Waals surface area contributed by atoms with Gasteiger partial charge in [0.1, 0.15) is 0 Å². The molecular weight excluding hydrogens is 1240 g/mol. The third-order valence-corrected chi connectivity index (χ3v) is 24.4. The average Bonchev–Trinajstić information content (AvgIpc) is 3.59. The summed E-state index contributed by atoms with van der Waals surface area (Å²) in [5.74, 6) is -5.17. The van der Waals surface area contributed by atoms with Crippen molar-refractivity contribution < 1.29 is 88.4 Å². The van der Waals surface area contributed by atoms with Crippen LogP contribution in [0.5, 0.6) is 0 Å². The van der Waals surface area contributed by atoms with E-state index in [9.17, 15) is 33.9 Å². The van der Waals surface area contributed by atoms with Gasteiger partial charge in [-0.05, 0) is 167 Å². The summed E-state index contributed by atoms with van der Waals surface area (Å²) in [6.45, 7) is 17.2. The fourth-order valence-electron chi connectivity index (χ4n) is 13.1. The fourth-order valence-corrected chi connectivity index (χ4v) is 19.9. The molecule has 1 amide bonds. The molecule has 0 heterocycles. The molecule has 4 aliphatic carbocycles. The van der Waals surface area contributed by atoms with Gasteiger partial charge < -0.3 is 36.6 Å². The first-order valence-electron chi connectivity index (χ1n) is 32.4. The third kappa shape index (κ3) is 28.1. The maximum Gasteiger partial charge on any atom is 0.306 e. The standard InChI is InChI=1S/2C20H25P.C16H27NO5.C10H16O6.C6H13N.2Fe/c2*1-16(2)19-14-9-15-20(19)21(17-10-5-3-6-11-17)18-12-7-4-8-13-18;1-10(14(18)17-9-12-5-3-4-6-12)7-13(16(21)22)8-11(2)15(19)20;1-5(8(11)12)3-7(10(15)16)4-6(2)9(13)14;7-5-6-3-1-2-4-6;;/h2*3-8,10-13,16,19-20H,9,14-15H2,1-2H3;10-13H,3-9H2,1-2H3,(H,17,18)(H,19,20)(H,21,22);5-7H,3-4H2,1-2H3,(H,11,12)(H,13,14)(H,15,16);6H,1-5,7H2;;. The van der Waals surface area contributed by atoms with Crippen molar-refractivity contribution in [2.45, 2.75) is 182 Å². The Bertz CT molecular complexity index is 2420. The summed E-state index contributed by atoms with van der Waals surface area (Å²) in [6.07, 6.45) is 18.9. The number of hydrogen-bond acceptors (Lipinski definition) is 7. The number of carboxylic acids is 5. The van der Waals surface area contributed by atoms with Crippen LogP contribution >= 0.6 is 15.8 Å². The molecule has 17 heteroatoms. The van der Waals surface area contributed by atoms with E-state index in [4.69, 9.17) is 26.2 Å². The van der Waals surface area contributed by atoms with Crippen LogP contribution in [0.2, 0.25) is 0 Å². The molecular formula is C72H106Fe2N2O11P2. The van der Waals surface area contributed by atoms with Gasteiger partial charge in [0.2, 0.25) is 5.91 Å². The molecule has 4 saturated carbocycles. The maximum absolute atomic E-state index is 12.1. The summed E-state index contributed by atoms with van der Waals surface area (Å²) >= 11 is 0. The summed E-state index contributed by atoms with van der Waals surface area (Å²) in [4.78, 5) is 66.1. The van der Waals surface area contributed by atoms with Crippen LogP contribution in [0.15, 0.2) is 121 Å². The number of carbonyl (C=O) groups is 6. The molecule has 89 heavy (non-hydrogen) atoms. The van der Waals surface area contributed by atoms with Gasteiger partial charge in [-0.2, -0.15) is 0 Å². The van der Waals surface area contributed by atoms with Gasteiger partial charge in [-0.1, -0.05) is 215 Å². The molecule has 0 aromatic heterocycles. The first-order chi connectivity index (χ1) is 41.5. The number of rotatable bonds is 25. The second kappa shape index (κ2) is 43.4. The van der Waals surface area contributed by atoms with Crippen LogP contribution in [-0.4, -0.2) is 85.7 Å². The predicted molar refractivity (Wildman–Crippen MR) is 356 cm³/mol. The number of carbonyl (C=O) groups excluding carboxylic acids is 1. The van der Waals surface area contributed by atoms with E-state index in [1.165, 1.54) is 97.8 Å². The summed E-state index contributed by atoms with van der Waals surface area (Å²) in [6, 6.07) is 44.9. The average molecular weight is 1350 g/mol. The largest absolute Gasteiger partial charge is 0.481 e. The van der Waals surface area contributed by atoms with Gasteiger partial charge in [0.25, 0.3) is 0 Å². The summed E-state index contributed by atoms with van der Waals surface area (Å²) < 4.78 is 0. The Balaban J connectivity index is 0.000000389. The molecule has 0 spiro atoms. The number of benzene rings is 4. The normalized spacial score (nSPS) is 20.0. The van der Waals surface area contributed by atoms with Crippen LogP contribution in [0.4, 0.5) is 0 Å². The predicted octanol–water partition coefficient (Wildman–Crippen LogP) is 14.1. The van der Waals surface area contributed by atoms with Crippen molar-refractivity contribution in [2.75, 3.05) is 13.1 Å². The first kappa shape index (κ1) is 80.7. The van der Waals surface area contributed by atoms with E-state index in [1.807, 2.05) is 0 Å². The zero-order valence-corrected chi connectivity index (χ0v) is 58.1. The van der Waals surface area contributed by atoms with Crippen LogP contribution in [0, 0.1) is 71.0 Å². The minimum atomic E-state index is -1.15. The number of nitrogens with one attached hydrogen (secondary N) is 1. The van der Waals surface area contributed by atoms with Crippen molar-refractivity contribution in [3.05, 3.63) is 121 Å². The number of aliphatic carboxylic acids is 5. The molecule has 8 rings (SSSR count). The van der Waals surface area contributed by atoms with Gasteiger partial charge in [-0.25, -0.2) is 0 Å². The van der Waals surface area contributed by atoms with Gasteiger partial charge in [0, 0.05) is 46.6 Å². The Morgan fingerprint density at radius 1 is 0.404 bits per heavy atom. The van der Waals surface area contributed by atoms with E-state index in [0.29, 0.717) is 12.5 Å². The monoisotopic (exact) mass is 1350 g/mol. The second-order valence-electron chi connectivity index (χ2n) is 25.8. The molecule has 13 nitrogen and oxygen atoms in total. The number of hydrogen-bond donors (Lipinski definition) is 7. The molecule has 0 saturated heterocycles. The van der Waals surface area contributed by atoms with Crippen molar-refractivity contribution in [3.63, 3.8) is 0 Å². The van der Waals surface area contributed by atoms with Gasteiger partial charge in [0.05, 0.1) is 29.6 Å². The molecule has 496 valence electrons. The smallest absolute Gasteiger partial charge is 0.306 e. The first-order valence-corrected chi connectivity index (χ1v) is 35.3. The number of amides is 1. The van der Waals surface area contributed by atoms with Crippen LogP contribution in [0.25, 0.3) is 0 Å². The molecule has 4 aromatic carbocycles. The maximum atomic E-state index is 12.1. The van der Waals surface area contributed by atoms with Gasteiger partial charge in [-0.15, -0.1) is 0 Å². The van der Waals surface area contributed by atoms with Gasteiger partial charge >= 0.3 is 29.8 Å². The van der Waals surface area contributed by atoms with Crippen LogP contribution in [0.3, 0.4) is 0 Å². The summed E-state index contributed by atoms with van der Waals surface area (Å²) in [7, 11) is -0.448. The zero-order chi connectivity index (χ0) is 64.0. The molecule has 4 aromatic rings. The van der Waals surface area contributed by atoms with Gasteiger partial charge in [0.15, 0.2) is 0 Å². The van der Waals surface area contributed by atoms with E-state index in [0.717, 1.165) is 60.3 Å². The molecule has 9 atom stereocenters. The van der Waals surface area contributed by atoms with Crippen molar-refractivity contribution in [3.8, 4) is 0 Å². The van der Waals surface area contributed by atoms with E-state index >= 15 is 0 Å². The third-order valence-electron chi connectivity index (χ3n) is 18.4. The zero-order valence-electron chi connectivity index (χ0n) is 54.1. The minimum absolute atomic E-state index is 0. The van der Waals surface area contributed by atoms with Crippen LogP contribution in [-0.2, 0) is 62.9 Å². The van der Waals surface area contributed by atoms with Crippen molar-refractivity contribution in [1.29, 1.82) is 0 Å². The summed E-state index contributed by atoms with van der Waals surface area (Å²) in [5.41, 5.74) is 7.14. The number of carboxylic acid groups (broad SMARTS) is 5. The van der Waals surface area contributed by atoms with E-state index < -0.39 is 65.4 Å². The molecule has 9 unspecified atom stereocenters. The van der Waals surface area contributed by atoms with Crippen LogP contribution in [0.1, 0.15) is 171 Å². The Labute approximate surface area is 556 Å². The van der Waals surface area contributed by atoms with E-state index in [2.05, 4.69) is 154 Å². The van der Waals surface area contributed by atoms with Crippen LogP contribution < -0.4 is 32.3 Å². The topological polar surface area (TPSA) is 242 Å². The summed E-state index contributed by atoms with van der Waals surface area (Å²) in [5, 5.41) is 53.3. The molecule has 4 aliphatic rings. The van der Waals surface area contributed by atoms with E-state index in [1.54, 1.807) is 28.1 Å². The van der Waals surface area contributed by atoms with Crippen molar-refractivity contribution in [1.82, 2.24) is 5.32 Å².